The first-order chi connectivity index (χ1) is 7.20. The van der Waals surface area contributed by atoms with Gasteiger partial charge in [0.05, 0.1) is 5.54 Å². The molecule has 0 aliphatic carbocycles. The number of carbonyl (C=O) groups is 1. The number of amides is 1. The molecule has 0 aliphatic rings. The lowest BCUT2D eigenvalue weighted by Crippen LogP contribution is -2.51. The molecule has 0 heterocycles. The topological polar surface area (TPSA) is 20.3 Å². The molecule has 0 spiro atoms. The first kappa shape index (κ1) is 16.1. The van der Waals surface area contributed by atoms with Crippen molar-refractivity contribution < 1.29 is 4.79 Å². The minimum atomic E-state index is -0.337. The van der Waals surface area contributed by atoms with E-state index < -0.39 is 0 Å². The molecule has 0 saturated carbocycles. The molecule has 96 valence electrons. The van der Waals surface area contributed by atoms with Crippen molar-refractivity contribution in [1.29, 1.82) is 0 Å². The molecule has 0 radical (unpaired) electrons. The first-order valence-corrected chi connectivity index (χ1v) is 6.68. The zero-order valence-corrected chi connectivity index (χ0v) is 12.4. The van der Waals surface area contributed by atoms with Gasteiger partial charge in [0.2, 0.25) is 5.91 Å². The summed E-state index contributed by atoms with van der Waals surface area (Å²) < 4.78 is 0. The van der Waals surface area contributed by atoms with Crippen molar-refractivity contribution in [2.45, 2.75) is 52.0 Å². The maximum absolute atomic E-state index is 12.1. The Balaban J connectivity index is 4.73. The van der Waals surface area contributed by atoms with Gasteiger partial charge >= 0.3 is 0 Å². The van der Waals surface area contributed by atoms with E-state index in [4.69, 9.17) is 23.2 Å². The molecule has 16 heavy (non-hydrogen) atoms. The fourth-order valence-electron chi connectivity index (χ4n) is 1.47. The second-order valence-electron chi connectivity index (χ2n) is 5.33. The molecule has 0 saturated heterocycles. The monoisotopic (exact) mass is 267 g/mol. The molecule has 0 bridgehead atoms. The van der Waals surface area contributed by atoms with E-state index in [2.05, 4.69) is 0 Å². The van der Waals surface area contributed by atoms with Crippen molar-refractivity contribution in [2.24, 2.45) is 5.92 Å². The molecule has 0 N–H and O–H groups in total. The molecule has 0 aromatic carbocycles. The normalized spacial score (nSPS) is 14.0. The summed E-state index contributed by atoms with van der Waals surface area (Å²) in [7, 11) is 0. The summed E-state index contributed by atoms with van der Waals surface area (Å²) in [4.78, 5) is 13.9. The number of halogens is 2. The van der Waals surface area contributed by atoms with Crippen LogP contribution in [0.1, 0.15) is 41.0 Å². The van der Waals surface area contributed by atoms with Crippen LogP contribution in [0.25, 0.3) is 0 Å². The number of carbonyl (C=O) groups excluding carboxylic acids is 1. The third kappa shape index (κ3) is 5.40. The molecular formula is C12H23Cl2NO. The number of rotatable bonds is 6. The second kappa shape index (κ2) is 6.70. The Hall–Kier alpha value is 0.0500. The minimum Gasteiger partial charge on any atom is -0.335 e. The highest BCUT2D eigenvalue weighted by molar-refractivity contribution is 6.20. The molecule has 0 aliphatic heterocycles. The van der Waals surface area contributed by atoms with Crippen LogP contribution in [0.15, 0.2) is 0 Å². The molecular weight excluding hydrogens is 245 g/mol. The van der Waals surface area contributed by atoms with Gasteiger partial charge in [0.1, 0.15) is 0 Å². The second-order valence-corrected chi connectivity index (χ2v) is 6.34. The lowest BCUT2D eigenvalue weighted by Gasteiger charge is -2.38. The van der Waals surface area contributed by atoms with Gasteiger partial charge in [0.15, 0.2) is 0 Å². The molecule has 0 fully saturated rings. The van der Waals surface area contributed by atoms with Crippen LogP contribution < -0.4 is 0 Å². The van der Waals surface area contributed by atoms with Crippen LogP contribution in [0.2, 0.25) is 0 Å². The summed E-state index contributed by atoms with van der Waals surface area (Å²) in [5, 5.41) is -0.0568. The largest absolute Gasteiger partial charge is 0.335 e. The van der Waals surface area contributed by atoms with Crippen LogP contribution in [0, 0.1) is 5.92 Å². The van der Waals surface area contributed by atoms with E-state index in [0.717, 1.165) is 0 Å². The van der Waals surface area contributed by atoms with E-state index in [1.165, 1.54) is 0 Å². The first-order valence-electron chi connectivity index (χ1n) is 5.71. The molecule has 4 heteroatoms. The maximum Gasteiger partial charge on any atom is 0.223 e. The Kier molecular flexibility index (Phi) is 6.73. The highest BCUT2D eigenvalue weighted by atomic mass is 35.5. The number of hydrogen-bond acceptors (Lipinski definition) is 1. The Bertz CT molecular complexity index is 227. The third-order valence-electron chi connectivity index (χ3n) is 2.38. The van der Waals surface area contributed by atoms with Crippen LogP contribution in [0.5, 0.6) is 0 Å². The predicted octanol–water partition coefficient (Wildman–Crippen LogP) is 3.51. The number of hydrogen-bond donors (Lipinski definition) is 0. The fraction of sp³-hybridized carbons (Fsp3) is 0.917. The van der Waals surface area contributed by atoms with Gasteiger partial charge < -0.3 is 4.90 Å². The lowest BCUT2D eigenvalue weighted by molar-refractivity contribution is -0.136. The van der Waals surface area contributed by atoms with Crippen molar-refractivity contribution >= 4 is 29.1 Å². The van der Waals surface area contributed by atoms with Crippen LogP contribution in [0.4, 0.5) is 0 Å². The van der Waals surface area contributed by atoms with E-state index in [-0.39, 0.29) is 16.8 Å². The Morgan fingerprint density at radius 2 is 1.81 bits per heavy atom. The van der Waals surface area contributed by atoms with E-state index in [0.29, 0.717) is 24.8 Å². The van der Waals surface area contributed by atoms with E-state index in [9.17, 15) is 4.79 Å². The number of alkyl halides is 2. The van der Waals surface area contributed by atoms with Gasteiger partial charge in [-0.15, -0.1) is 23.2 Å². The van der Waals surface area contributed by atoms with Crippen LogP contribution >= 0.6 is 23.2 Å². The molecule has 1 atom stereocenters. The van der Waals surface area contributed by atoms with Crippen molar-refractivity contribution in [3.63, 3.8) is 0 Å². The van der Waals surface area contributed by atoms with Gasteiger partial charge in [-0.25, -0.2) is 0 Å². The summed E-state index contributed by atoms with van der Waals surface area (Å²) in [6.45, 7) is 10.4. The highest BCUT2D eigenvalue weighted by Gasteiger charge is 2.30. The van der Waals surface area contributed by atoms with E-state index >= 15 is 0 Å². The molecule has 2 nitrogen and oxygen atoms in total. The quantitative estimate of drug-likeness (QED) is 0.675. The fourth-order valence-corrected chi connectivity index (χ4v) is 1.75. The summed E-state index contributed by atoms with van der Waals surface area (Å²) in [5.41, 5.74) is -0.337. The van der Waals surface area contributed by atoms with Gasteiger partial charge in [-0.05, 0) is 26.7 Å². The molecule has 1 unspecified atom stereocenters. The zero-order chi connectivity index (χ0) is 12.9. The average Bonchev–Trinajstić information content (AvgIpc) is 2.12. The Morgan fingerprint density at radius 3 is 2.12 bits per heavy atom. The van der Waals surface area contributed by atoms with E-state index in [1.54, 1.807) is 4.90 Å². The van der Waals surface area contributed by atoms with Crippen molar-refractivity contribution in [3.8, 4) is 0 Å². The maximum atomic E-state index is 12.1. The third-order valence-corrected chi connectivity index (χ3v) is 3.17. The molecule has 1 amide bonds. The zero-order valence-electron chi connectivity index (χ0n) is 10.9. The van der Waals surface area contributed by atoms with E-state index in [1.807, 2.05) is 34.6 Å². The Morgan fingerprint density at radius 1 is 1.31 bits per heavy atom. The molecule has 0 aromatic rings. The predicted molar refractivity (Wildman–Crippen MR) is 71.3 cm³/mol. The summed E-state index contributed by atoms with van der Waals surface area (Å²) in [6, 6.07) is 0. The lowest BCUT2D eigenvalue weighted by atomic mass is 10.0. The van der Waals surface area contributed by atoms with Gasteiger partial charge in [0, 0.05) is 24.2 Å². The SMILES string of the molecule is CC(C)CC(=O)N(CC(C)Cl)C(C)(C)CCl. The van der Waals surface area contributed by atoms with Crippen molar-refractivity contribution in [1.82, 2.24) is 4.90 Å². The summed E-state index contributed by atoms with van der Waals surface area (Å²) in [6.07, 6.45) is 0.546. The molecule has 0 rings (SSSR count). The van der Waals surface area contributed by atoms with Crippen molar-refractivity contribution in [3.05, 3.63) is 0 Å². The Labute approximate surface area is 109 Å². The van der Waals surface area contributed by atoms with Crippen LogP contribution in [-0.2, 0) is 4.79 Å². The summed E-state index contributed by atoms with van der Waals surface area (Å²) >= 11 is 11.9. The number of nitrogens with zero attached hydrogens (tertiary/aromatic N) is 1. The van der Waals surface area contributed by atoms with Crippen LogP contribution in [-0.4, -0.2) is 34.1 Å². The van der Waals surface area contributed by atoms with Gasteiger partial charge in [-0.3, -0.25) is 4.79 Å². The highest BCUT2D eigenvalue weighted by Crippen LogP contribution is 2.20. The van der Waals surface area contributed by atoms with Crippen LogP contribution in [0.3, 0.4) is 0 Å². The van der Waals surface area contributed by atoms with Crippen molar-refractivity contribution in [2.75, 3.05) is 12.4 Å². The molecule has 0 aromatic heterocycles. The van der Waals surface area contributed by atoms with Gasteiger partial charge in [-0.1, -0.05) is 13.8 Å². The van der Waals surface area contributed by atoms with Gasteiger partial charge in [0.25, 0.3) is 0 Å². The average molecular weight is 268 g/mol. The standard InChI is InChI=1S/C12H23Cl2NO/c1-9(2)6-11(16)15(7-10(3)14)12(4,5)8-13/h9-10H,6-8H2,1-5H3. The smallest absolute Gasteiger partial charge is 0.223 e. The summed E-state index contributed by atoms with van der Waals surface area (Å²) in [5.74, 6) is 0.903. The van der Waals surface area contributed by atoms with Gasteiger partial charge in [-0.2, -0.15) is 0 Å². The minimum absolute atomic E-state index is 0.0568.